The van der Waals surface area contributed by atoms with E-state index < -0.39 is 0 Å². The molecule has 0 aliphatic heterocycles. The summed E-state index contributed by atoms with van der Waals surface area (Å²) in [7, 11) is 0. The minimum absolute atomic E-state index is 0. The van der Waals surface area contributed by atoms with Gasteiger partial charge in [0.1, 0.15) is 0 Å². The number of nitrogens with two attached hydrogens (primary N) is 1. The van der Waals surface area contributed by atoms with Crippen molar-refractivity contribution in [3.05, 3.63) is 0 Å². The van der Waals surface area contributed by atoms with Crippen LogP contribution < -0.4 is 5.73 Å². The van der Waals surface area contributed by atoms with Crippen LogP contribution in [0.15, 0.2) is 0 Å². The largest absolute Gasteiger partial charge is 0 e. The van der Waals surface area contributed by atoms with E-state index in [0.717, 1.165) is 6.42 Å². The number of hydrogen-bond acceptors (Lipinski definition) is 1. The SMILES string of the molecule is CCCCC[CH](N)[Co].[Co]. The Kier molecular flexibility index (Phi) is 12.6. The minimum atomic E-state index is 0. The Morgan fingerprint density at radius 2 is 2.00 bits per heavy atom. The van der Waals surface area contributed by atoms with Crippen LogP contribution in [0.1, 0.15) is 32.6 Å². The summed E-state index contributed by atoms with van der Waals surface area (Å²) in [6, 6.07) is 0. The van der Waals surface area contributed by atoms with Gasteiger partial charge < -0.3 is 0 Å². The van der Waals surface area contributed by atoms with E-state index in [4.69, 9.17) is 5.73 Å². The van der Waals surface area contributed by atoms with Crippen LogP contribution in [0.4, 0.5) is 0 Å². The Labute approximate surface area is 75.9 Å². The molecule has 0 bridgehead atoms. The number of rotatable bonds is 4. The Balaban J connectivity index is 0. The summed E-state index contributed by atoms with van der Waals surface area (Å²) in [6.45, 7) is 2.18. The van der Waals surface area contributed by atoms with Gasteiger partial charge in [-0.05, 0) is 0 Å². The second kappa shape index (κ2) is 8.97. The summed E-state index contributed by atoms with van der Waals surface area (Å²) in [4.78, 5) is 0.0917. The molecule has 1 atom stereocenters. The molecule has 1 unspecified atom stereocenters. The first-order valence-electron chi connectivity index (χ1n) is 3.14. The fourth-order valence-corrected chi connectivity index (χ4v) is 0.793. The van der Waals surface area contributed by atoms with Crippen molar-refractivity contribution in [2.75, 3.05) is 0 Å². The molecule has 0 aromatic carbocycles. The maximum atomic E-state index is 5.39. The Hall–Kier alpha value is 0.973. The van der Waals surface area contributed by atoms with E-state index in [2.05, 4.69) is 22.7 Å². The van der Waals surface area contributed by atoms with Crippen molar-refractivity contribution in [3.63, 3.8) is 0 Å². The third-order valence-corrected chi connectivity index (χ3v) is 1.37. The van der Waals surface area contributed by atoms with Crippen molar-refractivity contribution in [3.8, 4) is 0 Å². The van der Waals surface area contributed by atoms with Gasteiger partial charge >= 0.3 is 59.1 Å². The van der Waals surface area contributed by atoms with Gasteiger partial charge in [0.05, 0.1) is 0 Å². The van der Waals surface area contributed by atoms with Crippen LogP contribution in [0.2, 0.25) is 0 Å². The van der Waals surface area contributed by atoms with Gasteiger partial charge in [0.25, 0.3) is 0 Å². The summed E-state index contributed by atoms with van der Waals surface area (Å²) < 4.78 is 0. The first-order chi connectivity index (χ1) is 3.77. The molecule has 0 aromatic heterocycles. The van der Waals surface area contributed by atoms with Gasteiger partial charge in [-0.15, -0.1) is 0 Å². The predicted molar refractivity (Wildman–Crippen MR) is 32.1 cm³/mol. The smallest absolute Gasteiger partial charge is 0 e. The van der Waals surface area contributed by atoms with E-state index in [1.165, 1.54) is 19.3 Å². The van der Waals surface area contributed by atoms with Gasteiger partial charge in [-0.25, -0.2) is 0 Å². The third-order valence-electron chi connectivity index (χ3n) is 1.07. The summed E-state index contributed by atoms with van der Waals surface area (Å²) in [5.41, 5.74) is 5.39. The molecule has 1 nitrogen and oxygen atoms in total. The van der Waals surface area contributed by atoms with E-state index in [1.807, 2.05) is 0 Å². The summed E-state index contributed by atoms with van der Waals surface area (Å²) in [6.07, 6.45) is 4.82. The van der Waals surface area contributed by atoms with E-state index in [1.54, 1.807) is 0 Å². The zero-order valence-electron chi connectivity index (χ0n) is 5.65. The molecular weight excluding hydrogens is 204 g/mol. The topological polar surface area (TPSA) is 26.0 Å². The molecule has 3 heteroatoms. The van der Waals surface area contributed by atoms with Crippen LogP contribution in [-0.4, -0.2) is 4.98 Å². The van der Waals surface area contributed by atoms with Crippen LogP contribution in [0.3, 0.4) is 0 Å². The predicted octanol–water partition coefficient (Wildman–Crippen LogP) is 1.40. The van der Waals surface area contributed by atoms with Gasteiger partial charge in [0, 0.05) is 16.8 Å². The van der Waals surface area contributed by atoms with Gasteiger partial charge in [-0.2, -0.15) is 0 Å². The molecule has 0 aliphatic carbocycles. The second-order valence-electron chi connectivity index (χ2n) is 1.98. The first kappa shape index (κ1) is 12.6. The quantitative estimate of drug-likeness (QED) is 0.709. The van der Waals surface area contributed by atoms with Crippen LogP contribution in [0.5, 0.6) is 0 Å². The molecule has 0 saturated heterocycles. The van der Waals surface area contributed by atoms with Crippen molar-refractivity contribution in [2.45, 2.75) is 37.6 Å². The van der Waals surface area contributed by atoms with Crippen LogP contribution in [0.25, 0.3) is 0 Å². The molecule has 0 fully saturated rings. The molecular formula is C6H14Co2N. The molecule has 1 radical (unpaired) electrons. The molecule has 2 N–H and O–H groups in total. The van der Waals surface area contributed by atoms with Crippen molar-refractivity contribution >= 4 is 0 Å². The van der Waals surface area contributed by atoms with Gasteiger partial charge in [0.2, 0.25) is 0 Å². The number of hydrogen-bond donors (Lipinski definition) is 1. The summed E-state index contributed by atoms with van der Waals surface area (Å²) in [5.74, 6) is 0. The molecule has 61 valence electrons. The standard InChI is InChI=1S/C6H14N.2Co/c1-2-3-4-5-6-7;;/h6H,2-5,7H2,1H3;;. The van der Waals surface area contributed by atoms with Crippen LogP contribution >= 0.6 is 0 Å². The fraction of sp³-hybridized carbons (Fsp3) is 1.00. The van der Waals surface area contributed by atoms with Crippen molar-refractivity contribution < 1.29 is 32.5 Å². The van der Waals surface area contributed by atoms with Gasteiger partial charge in [-0.1, -0.05) is 0 Å². The average molecular weight is 218 g/mol. The Bertz CT molecular complexity index is 48.3. The normalized spacial score (nSPS) is 12.4. The fourth-order valence-electron chi connectivity index (χ4n) is 0.580. The molecule has 0 saturated carbocycles. The molecule has 0 amide bonds. The van der Waals surface area contributed by atoms with Crippen LogP contribution in [0, 0.1) is 0 Å². The van der Waals surface area contributed by atoms with E-state index in [9.17, 15) is 0 Å². The molecule has 0 spiro atoms. The second-order valence-corrected chi connectivity index (χ2v) is 2.75. The molecule has 0 aliphatic rings. The van der Waals surface area contributed by atoms with Gasteiger partial charge in [0.15, 0.2) is 0 Å². The molecule has 0 rings (SSSR count). The van der Waals surface area contributed by atoms with E-state index >= 15 is 0 Å². The van der Waals surface area contributed by atoms with Crippen molar-refractivity contribution in [2.24, 2.45) is 5.73 Å². The maximum Gasteiger partial charge on any atom is 0 e. The minimum Gasteiger partial charge on any atom is 0 e. The van der Waals surface area contributed by atoms with E-state index in [0.29, 0.717) is 0 Å². The average Bonchev–Trinajstić information content (AvgIpc) is 1.66. The van der Waals surface area contributed by atoms with E-state index in [-0.39, 0.29) is 21.8 Å². The van der Waals surface area contributed by atoms with Crippen LogP contribution in [-0.2, 0) is 32.5 Å². The monoisotopic (exact) mass is 218 g/mol. The maximum absolute atomic E-state index is 5.39. The van der Waals surface area contributed by atoms with Crippen molar-refractivity contribution in [1.29, 1.82) is 0 Å². The zero-order chi connectivity index (χ0) is 6.41. The number of unbranched alkanes of at least 4 members (excludes halogenated alkanes) is 2. The molecule has 0 aromatic rings. The zero-order valence-corrected chi connectivity index (χ0v) is 7.73. The Morgan fingerprint density at radius 3 is 2.33 bits per heavy atom. The van der Waals surface area contributed by atoms with Crippen molar-refractivity contribution in [1.82, 2.24) is 0 Å². The summed E-state index contributed by atoms with van der Waals surface area (Å²) in [5, 5.41) is 0. The molecule has 9 heavy (non-hydrogen) atoms. The first-order valence-corrected chi connectivity index (χ1v) is 3.74. The Morgan fingerprint density at radius 1 is 1.44 bits per heavy atom. The summed E-state index contributed by atoms with van der Waals surface area (Å²) >= 11 is 4.09. The third kappa shape index (κ3) is 12.2. The molecule has 0 heterocycles. The van der Waals surface area contributed by atoms with Gasteiger partial charge in [-0.3, -0.25) is 0 Å².